The minimum atomic E-state index is -0.256. The van der Waals surface area contributed by atoms with Gasteiger partial charge in [0.2, 0.25) is 11.8 Å². The quantitative estimate of drug-likeness (QED) is 0.658. The molecule has 8 heteroatoms. The minimum absolute atomic E-state index is 0.0214. The lowest BCUT2D eigenvalue weighted by Gasteiger charge is -2.16. The van der Waals surface area contributed by atoms with E-state index >= 15 is 0 Å². The molecule has 0 spiro atoms. The first kappa shape index (κ1) is 19.1. The largest absolute Gasteiger partial charge is 0.497 e. The summed E-state index contributed by atoms with van der Waals surface area (Å²) in [5.74, 6) is 0.306. The van der Waals surface area contributed by atoms with Gasteiger partial charge in [-0.3, -0.25) is 9.59 Å². The third-order valence-electron chi connectivity index (χ3n) is 3.83. The molecule has 0 bridgehead atoms. The van der Waals surface area contributed by atoms with E-state index in [0.29, 0.717) is 17.1 Å². The number of thiazole rings is 1. The zero-order chi connectivity index (χ0) is 19.2. The van der Waals surface area contributed by atoms with E-state index in [9.17, 15) is 9.59 Å². The van der Waals surface area contributed by atoms with E-state index < -0.39 is 0 Å². The number of carbonyl (C=O) groups excluding carboxylic acids is 2. The first-order chi connectivity index (χ1) is 13.0. The van der Waals surface area contributed by atoms with E-state index in [1.54, 1.807) is 49.8 Å². The molecule has 0 radical (unpaired) electrons. The zero-order valence-corrected chi connectivity index (χ0v) is 16.6. The Morgan fingerprint density at radius 2 is 1.96 bits per heavy atom. The second kappa shape index (κ2) is 8.79. The van der Waals surface area contributed by atoms with Crippen molar-refractivity contribution in [3.8, 4) is 16.3 Å². The number of ether oxygens (including phenoxy) is 1. The van der Waals surface area contributed by atoms with Crippen LogP contribution in [0.4, 0.5) is 5.69 Å². The molecule has 3 aromatic rings. The SMILES string of the molecule is COc1ccc(NC(=O)CN(C)C(=O)Cc2csc(-c3ccsc3)n2)cc1. The Morgan fingerprint density at radius 3 is 2.63 bits per heavy atom. The van der Waals surface area contributed by atoms with Gasteiger partial charge in [-0.15, -0.1) is 11.3 Å². The second-order valence-corrected chi connectivity index (χ2v) is 7.50. The van der Waals surface area contributed by atoms with Crippen LogP contribution in [0.5, 0.6) is 5.75 Å². The van der Waals surface area contributed by atoms with Gasteiger partial charge in [0.05, 0.1) is 25.8 Å². The number of nitrogens with zero attached hydrogens (tertiary/aromatic N) is 2. The highest BCUT2D eigenvalue weighted by atomic mass is 32.1. The van der Waals surface area contributed by atoms with Crippen molar-refractivity contribution < 1.29 is 14.3 Å². The van der Waals surface area contributed by atoms with Crippen LogP contribution in [-0.2, 0) is 16.0 Å². The summed E-state index contributed by atoms with van der Waals surface area (Å²) in [6.07, 6.45) is 0.174. The number of hydrogen-bond donors (Lipinski definition) is 1. The molecule has 0 saturated carbocycles. The Labute approximate surface area is 165 Å². The maximum absolute atomic E-state index is 12.4. The standard InChI is InChI=1S/C19H19N3O3S2/c1-22(10-17(23)20-14-3-5-16(25-2)6-4-14)18(24)9-15-12-27-19(21-15)13-7-8-26-11-13/h3-8,11-12H,9-10H2,1-2H3,(H,20,23). The van der Waals surface area contributed by atoms with E-state index in [2.05, 4.69) is 10.3 Å². The molecular weight excluding hydrogens is 382 g/mol. The van der Waals surface area contributed by atoms with Gasteiger partial charge in [0.1, 0.15) is 10.8 Å². The molecule has 2 amide bonds. The van der Waals surface area contributed by atoms with Gasteiger partial charge in [0.25, 0.3) is 0 Å². The monoisotopic (exact) mass is 401 g/mol. The fourth-order valence-corrected chi connectivity index (χ4v) is 3.91. The van der Waals surface area contributed by atoms with Crippen LogP contribution >= 0.6 is 22.7 Å². The van der Waals surface area contributed by atoms with Crippen LogP contribution in [0.3, 0.4) is 0 Å². The molecule has 2 aromatic heterocycles. The molecule has 0 aliphatic rings. The molecule has 0 unspecified atom stereocenters. The number of likely N-dealkylation sites (N-methyl/N-ethyl adjacent to an activating group) is 1. The van der Waals surface area contributed by atoms with Crippen LogP contribution in [0.15, 0.2) is 46.5 Å². The van der Waals surface area contributed by atoms with Crippen molar-refractivity contribution in [3.63, 3.8) is 0 Å². The summed E-state index contributed by atoms with van der Waals surface area (Å²) in [5.41, 5.74) is 2.44. The average molecular weight is 402 g/mol. The van der Waals surface area contributed by atoms with Crippen LogP contribution in [-0.4, -0.2) is 42.4 Å². The van der Waals surface area contributed by atoms with Crippen LogP contribution in [0, 0.1) is 0 Å². The number of nitrogens with one attached hydrogen (secondary N) is 1. The fraction of sp³-hybridized carbons (Fsp3) is 0.211. The number of aromatic nitrogens is 1. The van der Waals surface area contributed by atoms with Crippen molar-refractivity contribution in [3.05, 3.63) is 52.2 Å². The van der Waals surface area contributed by atoms with Crippen molar-refractivity contribution in [2.45, 2.75) is 6.42 Å². The highest BCUT2D eigenvalue weighted by Crippen LogP contribution is 2.25. The van der Waals surface area contributed by atoms with E-state index in [-0.39, 0.29) is 24.8 Å². The molecule has 0 atom stereocenters. The number of rotatable bonds is 7. The predicted molar refractivity (Wildman–Crippen MR) is 108 cm³/mol. The summed E-state index contributed by atoms with van der Waals surface area (Å²) in [7, 11) is 3.20. The van der Waals surface area contributed by atoms with Crippen molar-refractivity contribution >= 4 is 40.2 Å². The topological polar surface area (TPSA) is 71.5 Å². The van der Waals surface area contributed by atoms with Gasteiger partial charge in [0.15, 0.2) is 0 Å². The fourth-order valence-electron chi connectivity index (χ4n) is 2.38. The first-order valence-corrected chi connectivity index (χ1v) is 10.0. The lowest BCUT2D eigenvalue weighted by molar-refractivity contribution is -0.132. The maximum Gasteiger partial charge on any atom is 0.243 e. The number of anilines is 1. The van der Waals surface area contributed by atoms with E-state index in [1.165, 1.54) is 16.2 Å². The summed E-state index contributed by atoms with van der Waals surface area (Å²) < 4.78 is 5.08. The lowest BCUT2D eigenvalue weighted by atomic mass is 10.3. The van der Waals surface area contributed by atoms with Crippen molar-refractivity contribution in [2.24, 2.45) is 0 Å². The smallest absolute Gasteiger partial charge is 0.243 e. The molecule has 27 heavy (non-hydrogen) atoms. The summed E-state index contributed by atoms with van der Waals surface area (Å²) in [5, 5.41) is 9.58. The molecule has 0 fully saturated rings. The van der Waals surface area contributed by atoms with E-state index in [1.807, 2.05) is 22.2 Å². The Hall–Kier alpha value is -2.71. The number of hydrogen-bond acceptors (Lipinski definition) is 6. The average Bonchev–Trinajstić information content (AvgIpc) is 3.33. The Morgan fingerprint density at radius 1 is 1.19 bits per heavy atom. The Kier molecular flexibility index (Phi) is 6.20. The number of carbonyl (C=O) groups is 2. The second-order valence-electron chi connectivity index (χ2n) is 5.86. The van der Waals surface area contributed by atoms with Crippen LogP contribution in [0.1, 0.15) is 5.69 Å². The van der Waals surface area contributed by atoms with Gasteiger partial charge < -0.3 is 15.0 Å². The summed E-state index contributed by atoms with van der Waals surface area (Å²) in [6.45, 7) is -0.0214. The Bertz CT molecular complexity index is 905. The van der Waals surface area contributed by atoms with Gasteiger partial charge in [-0.1, -0.05) is 0 Å². The molecule has 0 aliphatic carbocycles. The van der Waals surface area contributed by atoms with Gasteiger partial charge in [-0.05, 0) is 35.7 Å². The van der Waals surface area contributed by atoms with Crippen LogP contribution in [0.25, 0.3) is 10.6 Å². The third kappa shape index (κ3) is 5.15. The molecule has 2 heterocycles. The van der Waals surface area contributed by atoms with Crippen LogP contribution in [0.2, 0.25) is 0 Å². The minimum Gasteiger partial charge on any atom is -0.497 e. The number of thiophene rings is 1. The molecule has 3 rings (SSSR count). The summed E-state index contributed by atoms with van der Waals surface area (Å²) in [4.78, 5) is 30.4. The Balaban J connectivity index is 1.51. The molecule has 0 aliphatic heterocycles. The van der Waals surface area contributed by atoms with E-state index in [0.717, 1.165) is 10.6 Å². The van der Waals surface area contributed by atoms with Crippen LogP contribution < -0.4 is 10.1 Å². The number of methoxy groups -OCH3 is 1. The molecule has 6 nitrogen and oxygen atoms in total. The first-order valence-electron chi connectivity index (χ1n) is 8.20. The van der Waals surface area contributed by atoms with Gasteiger partial charge in [-0.2, -0.15) is 11.3 Å². The summed E-state index contributed by atoms with van der Waals surface area (Å²) in [6, 6.07) is 9.03. The third-order valence-corrected chi connectivity index (χ3v) is 5.46. The van der Waals surface area contributed by atoms with Gasteiger partial charge in [0, 0.05) is 29.1 Å². The van der Waals surface area contributed by atoms with Gasteiger partial charge in [-0.25, -0.2) is 4.98 Å². The lowest BCUT2D eigenvalue weighted by Crippen LogP contribution is -2.35. The van der Waals surface area contributed by atoms with Crippen molar-refractivity contribution in [1.29, 1.82) is 0 Å². The predicted octanol–water partition coefficient (Wildman–Crippen LogP) is 3.52. The van der Waals surface area contributed by atoms with Crippen molar-refractivity contribution in [2.75, 3.05) is 26.0 Å². The zero-order valence-electron chi connectivity index (χ0n) is 15.0. The van der Waals surface area contributed by atoms with Gasteiger partial charge >= 0.3 is 0 Å². The molecule has 140 valence electrons. The summed E-state index contributed by atoms with van der Waals surface area (Å²) >= 11 is 3.13. The number of amides is 2. The number of benzene rings is 1. The highest BCUT2D eigenvalue weighted by molar-refractivity contribution is 7.14. The highest BCUT2D eigenvalue weighted by Gasteiger charge is 2.16. The molecule has 1 aromatic carbocycles. The van der Waals surface area contributed by atoms with Crippen molar-refractivity contribution in [1.82, 2.24) is 9.88 Å². The maximum atomic E-state index is 12.4. The normalized spacial score (nSPS) is 10.4. The van der Waals surface area contributed by atoms with E-state index in [4.69, 9.17) is 4.74 Å². The molecular formula is C19H19N3O3S2. The molecule has 1 N–H and O–H groups in total. The molecule has 0 saturated heterocycles.